The number of thiazole rings is 1. The van der Waals surface area contributed by atoms with E-state index in [0.29, 0.717) is 5.75 Å². The molecule has 2 heterocycles. The Bertz CT molecular complexity index is 702. The van der Waals surface area contributed by atoms with E-state index in [9.17, 15) is 4.79 Å². The first-order valence-corrected chi connectivity index (χ1v) is 10.7. The standard InChI is InChI=1S/C19H25N3O2S2/c1-14-12-25-19(20-14)26-13-17(23)21-15(2)18(16-6-4-3-5-7-16)22-8-10-24-11-9-22/h3-7,12,15,18H,8-11,13H2,1-2H3,(H,21,23)/t15-,18+/m1/s1. The molecule has 2 atom stereocenters. The first kappa shape index (κ1) is 19.4. The van der Waals surface area contributed by atoms with E-state index in [2.05, 4.69) is 46.4 Å². The lowest BCUT2D eigenvalue weighted by molar-refractivity contribution is -0.119. The Morgan fingerprint density at radius 3 is 2.73 bits per heavy atom. The number of amides is 1. The van der Waals surface area contributed by atoms with Crippen molar-refractivity contribution in [3.8, 4) is 0 Å². The van der Waals surface area contributed by atoms with Gasteiger partial charge in [-0.3, -0.25) is 9.69 Å². The van der Waals surface area contributed by atoms with E-state index in [1.807, 2.05) is 18.4 Å². The molecule has 7 heteroatoms. The molecule has 5 nitrogen and oxygen atoms in total. The summed E-state index contributed by atoms with van der Waals surface area (Å²) in [6.45, 7) is 7.30. The molecule has 2 aromatic rings. The third-order valence-electron chi connectivity index (χ3n) is 4.37. The van der Waals surface area contributed by atoms with E-state index >= 15 is 0 Å². The van der Waals surface area contributed by atoms with Crippen molar-refractivity contribution in [1.82, 2.24) is 15.2 Å². The Balaban J connectivity index is 1.62. The van der Waals surface area contributed by atoms with Gasteiger partial charge in [-0.1, -0.05) is 42.1 Å². The van der Waals surface area contributed by atoms with Crippen molar-refractivity contribution in [2.45, 2.75) is 30.3 Å². The molecule has 140 valence electrons. The van der Waals surface area contributed by atoms with E-state index in [1.54, 1.807) is 11.3 Å². The summed E-state index contributed by atoms with van der Waals surface area (Å²) in [6.07, 6.45) is 0. The molecule has 1 N–H and O–H groups in total. The molecule has 1 amide bonds. The lowest BCUT2D eigenvalue weighted by Gasteiger charge is -2.38. The highest BCUT2D eigenvalue weighted by molar-refractivity contribution is 8.01. The minimum Gasteiger partial charge on any atom is -0.379 e. The van der Waals surface area contributed by atoms with Gasteiger partial charge in [0, 0.05) is 30.2 Å². The van der Waals surface area contributed by atoms with Crippen molar-refractivity contribution in [2.24, 2.45) is 0 Å². The van der Waals surface area contributed by atoms with E-state index in [-0.39, 0.29) is 18.0 Å². The van der Waals surface area contributed by atoms with Crippen molar-refractivity contribution in [3.63, 3.8) is 0 Å². The highest BCUT2D eigenvalue weighted by Gasteiger charge is 2.28. The van der Waals surface area contributed by atoms with Crippen LogP contribution < -0.4 is 5.32 Å². The Kier molecular flexibility index (Phi) is 7.07. The predicted octanol–water partition coefficient (Wildman–Crippen LogP) is 3.12. The minimum atomic E-state index is 0.0154. The van der Waals surface area contributed by atoms with Crippen LogP contribution in [-0.4, -0.2) is 53.9 Å². The summed E-state index contributed by atoms with van der Waals surface area (Å²) in [7, 11) is 0. The highest BCUT2D eigenvalue weighted by atomic mass is 32.2. The maximum atomic E-state index is 12.5. The largest absolute Gasteiger partial charge is 0.379 e. The SMILES string of the molecule is Cc1csc(SCC(=O)N[C@H](C)[C@@H](c2ccccc2)N2CCOCC2)n1. The van der Waals surface area contributed by atoms with Crippen LogP contribution in [0.15, 0.2) is 40.1 Å². The number of hydrogen-bond acceptors (Lipinski definition) is 6. The van der Waals surface area contributed by atoms with Crippen LogP contribution in [0.3, 0.4) is 0 Å². The van der Waals surface area contributed by atoms with Gasteiger partial charge in [0.05, 0.1) is 25.0 Å². The number of nitrogens with one attached hydrogen (secondary N) is 1. The maximum Gasteiger partial charge on any atom is 0.230 e. The molecule has 1 fully saturated rings. The summed E-state index contributed by atoms with van der Waals surface area (Å²) >= 11 is 3.08. The summed E-state index contributed by atoms with van der Waals surface area (Å²) in [5.74, 6) is 0.437. The lowest BCUT2D eigenvalue weighted by atomic mass is 9.98. The molecule has 3 rings (SSSR count). The van der Waals surface area contributed by atoms with Gasteiger partial charge in [0.15, 0.2) is 4.34 Å². The van der Waals surface area contributed by atoms with Crippen molar-refractivity contribution in [1.29, 1.82) is 0 Å². The fourth-order valence-corrected chi connectivity index (χ4v) is 4.88. The molecule has 0 spiro atoms. The van der Waals surface area contributed by atoms with Gasteiger partial charge < -0.3 is 10.1 Å². The van der Waals surface area contributed by atoms with Gasteiger partial charge >= 0.3 is 0 Å². The van der Waals surface area contributed by atoms with Crippen LogP contribution in [0.25, 0.3) is 0 Å². The summed E-state index contributed by atoms with van der Waals surface area (Å²) in [4.78, 5) is 19.3. The van der Waals surface area contributed by atoms with Crippen LogP contribution in [0.4, 0.5) is 0 Å². The number of rotatable bonds is 7. The van der Waals surface area contributed by atoms with Crippen LogP contribution in [0.5, 0.6) is 0 Å². The molecule has 1 aromatic heterocycles. The smallest absolute Gasteiger partial charge is 0.230 e. The van der Waals surface area contributed by atoms with Crippen molar-refractivity contribution in [2.75, 3.05) is 32.1 Å². The van der Waals surface area contributed by atoms with E-state index in [0.717, 1.165) is 36.3 Å². The highest BCUT2D eigenvalue weighted by Crippen LogP contribution is 2.26. The van der Waals surface area contributed by atoms with Crippen molar-refractivity contribution < 1.29 is 9.53 Å². The summed E-state index contributed by atoms with van der Waals surface area (Å²) < 4.78 is 6.44. The number of hydrogen-bond donors (Lipinski definition) is 1. The average molecular weight is 392 g/mol. The summed E-state index contributed by atoms with van der Waals surface area (Å²) in [5, 5.41) is 5.19. The fourth-order valence-electron chi connectivity index (χ4n) is 3.22. The molecule has 26 heavy (non-hydrogen) atoms. The zero-order valence-electron chi connectivity index (χ0n) is 15.2. The van der Waals surface area contributed by atoms with Gasteiger partial charge in [0.1, 0.15) is 0 Å². The number of nitrogens with zero attached hydrogens (tertiary/aromatic N) is 2. The maximum absolute atomic E-state index is 12.5. The number of carbonyl (C=O) groups is 1. The number of ether oxygens (including phenoxy) is 1. The molecular formula is C19H25N3O2S2. The Morgan fingerprint density at radius 2 is 2.08 bits per heavy atom. The van der Waals surface area contributed by atoms with E-state index in [4.69, 9.17) is 4.74 Å². The number of morpholine rings is 1. The molecule has 1 saturated heterocycles. The molecule has 0 unspecified atom stereocenters. The Hall–Kier alpha value is -1.41. The molecule has 1 aromatic carbocycles. The predicted molar refractivity (Wildman–Crippen MR) is 107 cm³/mol. The second-order valence-electron chi connectivity index (χ2n) is 6.40. The molecule has 0 aliphatic carbocycles. The van der Waals surface area contributed by atoms with Crippen LogP contribution in [0.2, 0.25) is 0 Å². The second-order valence-corrected chi connectivity index (χ2v) is 8.48. The molecule has 1 aliphatic heterocycles. The van der Waals surface area contributed by atoms with Crippen LogP contribution in [-0.2, 0) is 9.53 Å². The van der Waals surface area contributed by atoms with Crippen molar-refractivity contribution in [3.05, 3.63) is 47.0 Å². The quantitative estimate of drug-likeness (QED) is 0.735. The van der Waals surface area contributed by atoms with Crippen LogP contribution >= 0.6 is 23.1 Å². The first-order chi connectivity index (χ1) is 12.6. The number of aromatic nitrogens is 1. The van der Waals surface area contributed by atoms with Gasteiger partial charge in [-0.05, 0) is 19.4 Å². The first-order valence-electron chi connectivity index (χ1n) is 8.84. The topological polar surface area (TPSA) is 54.5 Å². The molecule has 1 aliphatic rings. The van der Waals surface area contributed by atoms with Gasteiger partial charge in [-0.2, -0.15) is 0 Å². The number of benzene rings is 1. The molecule has 0 radical (unpaired) electrons. The minimum absolute atomic E-state index is 0.0154. The number of thioether (sulfide) groups is 1. The van der Waals surface area contributed by atoms with E-state index in [1.165, 1.54) is 17.3 Å². The van der Waals surface area contributed by atoms with Crippen LogP contribution in [0, 0.1) is 6.92 Å². The lowest BCUT2D eigenvalue weighted by Crippen LogP contribution is -2.48. The molecular weight excluding hydrogens is 366 g/mol. The third kappa shape index (κ3) is 5.30. The summed E-state index contributed by atoms with van der Waals surface area (Å²) in [6, 6.07) is 10.6. The van der Waals surface area contributed by atoms with Gasteiger partial charge in [0.2, 0.25) is 5.91 Å². The van der Waals surface area contributed by atoms with Gasteiger partial charge in [0.25, 0.3) is 0 Å². The monoisotopic (exact) mass is 391 g/mol. The zero-order chi connectivity index (χ0) is 18.4. The second kappa shape index (κ2) is 9.50. The summed E-state index contributed by atoms with van der Waals surface area (Å²) in [5.41, 5.74) is 2.23. The average Bonchev–Trinajstić information content (AvgIpc) is 3.07. The number of carbonyl (C=O) groups excluding carboxylic acids is 1. The van der Waals surface area contributed by atoms with Crippen molar-refractivity contribution >= 4 is 29.0 Å². The Morgan fingerprint density at radius 1 is 1.35 bits per heavy atom. The van der Waals surface area contributed by atoms with Gasteiger partial charge in [-0.15, -0.1) is 11.3 Å². The molecule has 0 saturated carbocycles. The normalized spacial score (nSPS) is 17.6. The van der Waals surface area contributed by atoms with Gasteiger partial charge in [-0.25, -0.2) is 4.98 Å². The number of aryl methyl sites for hydroxylation is 1. The van der Waals surface area contributed by atoms with E-state index < -0.39 is 0 Å². The fraction of sp³-hybridized carbons (Fsp3) is 0.474. The third-order valence-corrected chi connectivity index (χ3v) is 6.51. The zero-order valence-corrected chi connectivity index (χ0v) is 16.8. The molecule has 0 bridgehead atoms. The Labute approximate surface area is 163 Å². The van der Waals surface area contributed by atoms with Crippen LogP contribution in [0.1, 0.15) is 24.2 Å².